The highest BCUT2D eigenvalue weighted by molar-refractivity contribution is 5.97. The molecule has 2 rings (SSSR count). The molecule has 0 aliphatic rings. The average molecular weight is 270 g/mol. The molecule has 2 aromatic carbocycles. The third-order valence-corrected chi connectivity index (χ3v) is 3.58. The van der Waals surface area contributed by atoms with Crippen LogP contribution in [0.4, 0.5) is 0 Å². The number of rotatable bonds is 3. The normalized spacial score (nSPS) is 10.4. The van der Waals surface area contributed by atoms with Crippen molar-refractivity contribution in [3.05, 3.63) is 52.6 Å². The SMILES string of the molecule is COc1c(-c2ccc(C)cc2C(=O)O)ccc(C)c1C. The smallest absolute Gasteiger partial charge is 0.336 e. The van der Waals surface area contributed by atoms with Crippen LogP contribution in [0, 0.1) is 20.8 Å². The van der Waals surface area contributed by atoms with Crippen molar-refractivity contribution in [1.82, 2.24) is 0 Å². The van der Waals surface area contributed by atoms with E-state index in [1.165, 1.54) is 0 Å². The highest BCUT2D eigenvalue weighted by Crippen LogP contribution is 2.36. The summed E-state index contributed by atoms with van der Waals surface area (Å²) in [4.78, 5) is 11.5. The number of hydrogen-bond acceptors (Lipinski definition) is 2. The maximum Gasteiger partial charge on any atom is 0.336 e. The van der Waals surface area contributed by atoms with E-state index < -0.39 is 5.97 Å². The highest BCUT2D eigenvalue weighted by atomic mass is 16.5. The number of benzene rings is 2. The molecule has 20 heavy (non-hydrogen) atoms. The summed E-state index contributed by atoms with van der Waals surface area (Å²) < 4.78 is 5.48. The monoisotopic (exact) mass is 270 g/mol. The van der Waals surface area contributed by atoms with Crippen molar-refractivity contribution in [2.75, 3.05) is 7.11 Å². The Balaban J connectivity index is 2.75. The molecule has 0 aliphatic carbocycles. The van der Waals surface area contributed by atoms with Crippen molar-refractivity contribution in [1.29, 1.82) is 0 Å². The fraction of sp³-hybridized carbons (Fsp3) is 0.235. The molecule has 1 N–H and O–H groups in total. The molecule has 0 aromatic heterocycles. The molecule has 0 saturated heterocycles. The van der Waals surface area contributed by atoms with Crippen LogP contribution in [0.25, 0.3) is 11.1 Å². The van der Waals surface area contributed by atoms with Crippen LogP contribution in [0.5, 0.6) is 5.75 Å². The Hall–Kier alpha value is -2.29. The van der Waals surface area contributed by atoms with Gasteiger partial charge in [0.25, 0.3) is 0 Å². The summed E-state index contributed by atoms with van der Waals surface area (Å²) >= 11 is 0. The van der Waals surface area contributed by atoms with Crippen LogP contribution in [0.3, 0.4) is 0 Å². The lowest BCUT2D eigenvalue weighted by molar-refractivity contribution is 0.0697. The summed E-state index contributed by atoms with van der Waals surface area (Å²) in [5.74, 6) is -0.194. The average Bonchev–Trinajstić information content (AvgIpc) is 2.41. The molecular weight excluding hydrogens is 252 g/mol. The molecule has 0 unspecified atom stereocenters. The molecule has 0 aliphatic heterocycles. The Kier molecular flexibility index (Phi) is 3.79. The summed E-state index contributed by atoms with van der Waals surface area (Å²) in [5, 5.41) is 9.40. The lowest BCUT2D eigenvalue weighted by Gasteiger charge is -2.15. The number of carbonyl (C=O) groups is 1. The van der Waals surface area contributed by atoms with Gasteiger partial charge >= 0.3 is 5.97 Å². The summed E-state index contributed by atoms with van der Waals surface area (Å²) in [6.45, 7) is 5.87. The van der Waals surface area contributed by atoms with Crippen molar-refractivity contribution in [3.8, 4) is 16.9 Å². The second-order valence-electron chi connectivity index (χ2n) is 4.94. The van der Waals surface area contributed by atoms with Gasteiger partial charge in [-0.1, -0.05) is 29.8 Å². The maximum absolute atomic E-state index is 11.5. The number of methoxy groups -OCH3 is 1. The van der Waals surface area contributed by atoms with E-state index in [-0.39, 0.29) is 0 Å². The van der Waals surface area contributed by atoms with Gasteiger partial charge in [-0.3, -0.25) is 0 Å². The number of carboxylic acids is 1. The van der Waals surface area contributed by atoms with Gasteiger partial charge < -0.3 is 9.84 Å². The summed E-state index contributed by atoms with van der Waals surface area (Å²) in [6, 6.07) is 9.34. The van der Waals surface area contributed by atoms with Gasteiger partial charge in [-0.25, -0.2) is 4.79 Å². The molecule has 0 spiro atoms. The zero-order valence-corrected chi connectivity index (χ0v) is 12.2. The molecule has 104 valence electrons. The lowest BCUT2D eigenvalue weighted by atomic mass is 9.94. The topological polar surface area (TPSA) is 46.5 Å². The number of carboxylic acid groups (broad SMARTS) is 1. The predicted molar refractivity (Wildman–Crippen MR) is 79.6 cm³/mol. The number of aryl methyl sites for hydroxylation is 2. The fourth-order valence-electron chi connectivity index (χ4n) is 2.34. The first-order valence-electron chi connectivity index (χ1n) is 6.44. The highest BCUT2D eigenvalue weighted by Gasteiger charge is 2.17. The second-order valence-corrected chi connectivity index (χ2v) is 4.94. The van der Waals surface area contributed by atoms with Gasteiger partial charge in [-0.2, -0.15) is 0 Å². The van der Waals surface area contributed by atoms with Crippen molar-refractivity contribution < 1.29 is 14.6 Å². The maximum atomic E-state index is 11.5. The minimum atomic E-state index is -0.927. The molecule has 2 aromatic rings. The van der Waals surface area contributed by atoms with E-state index in [0.29, 0.717) is 11.1 Å². The second kappa shape index (κ2) is 5.37. The Labute approximate surface area is 118 Å². The van der Waals surface area contributed by atoms with E-state index in [1.807, 2.05) is 45.0 Å². The van der Waals surface area contributed by atoms with E-state index in [0.717, 1.165) is 28.0 Å². The molecular formula is C17H18O3. The minimum absolute atomic E-state index is 0.298. The molecule has 0 bridgehead atoms. The van der Waals surface area contributed by atoms with Gasteiger partial charge in [0.2, 0.25) is 0 Å². The predicted octanol–water partition coefficient (Wildman–Crippen LogP) is 3.99. The van der Waals surface area contributed by atoms with Crippen LogP contribution >= 0.6 is 0 Å². The third kappa shape index (κ3) is 2.39. The van der Waals surface area contributed by atoms with E-state index in [9.17, 15) is 9.90 Å². The Morgan fingerprint density at radius 1 is 1.05 bits per heavy atom. The molecule has 0 radical (unpaired) electrons. The van der Waals surface area contributed by atoms with Crippen LogP contribution < -0.4 is 4.74 Å². The van der Waals surface area contributed by atoms with E-state index in [4.69, 9.17) is 4.74 Å². The van der Waals surface area contributed by atoms with Gasteiger partial charge in [0, 0.05) is 5.56 Å². The Morgan fingerprint density at radius 3 is 2.30 bits per heavy atom. The number of ether oxygens (including phenoxy) is 1. The Morgan fingerprint density at radius 2 is 1.70 bits per heavy atom. The van der Waals surface area contributed by atoms with Crippen LogP contribution in [0.15, 0.2) is 30.3 Å². The van der Waals surface area contributed by atoms with Crippen molar-refractivity contribution >= 4 is 5.97 Å². The zero-order chi connectivity index (χ0) is 14.9. The Bertz CT molecular complexity index is 672. The molecule has 0 heterocycles. The quantitative estimate of drug-likeness (QED) is 0.917. The van der Waals surface area contributed by atoms with Crippen LogP contribution in [-0.4, -0.2) is 18.2 Å². The van der Waals surface area contributed by atoms with Gasteiger partial charge in [0.1, 0.15) is 5.75 Å². The van der Waals surface area contributed by atoms with Crippen molar-refractivity contribution in [3.63, 3.8) is 0 Å². The first kappa shape index (κ1) is 14.1. The molecule has 3 heteroatoms. The number of hydrogen-bond donors (Lipinski definition) is 1. The first-order chi connectivity index (χ1) is 9.45. The van der Waals surface area contributed by atoms with Crippen molar-refractivity contribution in [2.45, 2.75) is 20.8 Å². The molecule has 3 nitrogen and oxygen atoms in total. The number of aromatic carboxylic acids is 1. The minimum Gasteiger partial charge on any atom is -0.496 e. The standard InChI is InChI=1S/C17H18O3/c1-10-5-7-13(15(9-10)17(18)19)14-8-6-11(2)12(3)16(14)20-4/h5-9H,1-4H3,(H,18,19). The fourth-order valence-corrected chi connectivity index (χ4v) is 2.34. The van der Waals surface area contributed by atoms with Gasteiger partial charge in [0.05, 0.1) is 12.7 Å². The molecule has 0 amide bonds. The summed E-state index contributed by atoms with van der Waals surface area (Å²) in [7, 11) is 1.61. The molecule has 0 atom stereocenters. The van der Waals surface area contributed by atoms with E-state index in [1.54, 1.807) is 13.2 Å². The molecule has 0 saturated carbocycles. The van der Waals surface area contributed by atoms with Gasteiger partial charge in [0.15, 0.2) is 0 Å². The van der Waals surface area contributed by atoms with Crippen LogP contribution in [-0.2, 0) is 0 Å². The van der Waals surface area contributed by atoms with Crippen molar-refractivity contribution in [2.24, 2.45) is 0 Å². The third-order valence-electron chi connectivity index (χ3n) is 3.58. The first-order valence-corrected chi connectivity index (χ1v) is 6.44. The molecule has 0 fully saturated rings. The summed E-state index contributed by atoms with van der Waals surface area (Å²) in [6.07, 6.45) is 0. The lowest BCUT2D eigenvalue weighted by Crippen LogP contribution is -2.02. The van der Waals surface area contributed by atoms with Crippen LogP contribution in [0.2, 0.25) is 0 Å². The summed E-state index contributed by atoms with van der Waals surface area (Å²) in [5.41, 5.74) is 4.87. The van der Waals surface area contributed by atoms with Gasteiger partial charge in [-0.05, 0) is 43.5 Å². The van der Waals surface area contributed by atoms with E-state index in [2.05, 4.69) is 0 Å². The van der Waals surface area contributed by atoms with Gasteiger partial charge in [-0.15, -0.1) is 0 Å². The largest absolute Gasteiger partial charge is 0.496 e. The van der Waals surface area contributed by atoms with Crippen LogP contribution in [0.1, 0.15) is 27.0 Å². The zero-order valence-electron chi connectivity index (χ0n) is 12.2. The van der Waals surface area contributed by atoms with E-state index >= 15 is 0 Å².